The highest BCUT2D eigenvalue weighted by Gasteiger charge is 2.42. The number of amides is 1. The number of hydrogen-bond acceptors (Lipinski definition) is 6. The lowest BCUT2D eigenvalue weighted by molar-refractivity contribution is -0.119. The van der Waals surface area contributed by atoms with Crippen molar-refractivity contribution in [3.05, 3.63) is 76.5 Å². The molecule has 2 aromatic carbocycles. The second-order valence-electron chi connectivity index (χ2n) is 9.25. The number of halogens is 1. The Labute approximate surface area is 214 Å². The molecule has 0 saturated heterocycles. The quantitative estimate of drug-likeness (QED) is 0.544. The summed E-state index contributed by atoms with van der Waals surface area (Å²) in [6, 6.07) is 10.7. The first-order chi connectivity index (χ1) is 17.9. The first kappa shape index (κ1) is 24.7. The summed E-state index contributed by atoms with van der Waals surface area (Å²) in [6.45, 7) is 1.91. The number of hydrogen-bond donors (Lipinski definition) is 1. The summed E-state index contributed by atoms with van der Waals surface area (Å²) in [4.78, 5) is 38.4. The Kier molecular flexibility index (Phi) is 7.08. The minimum absolute atomic E-state index is 0.00641. The number of carbonyl (C=O) groups excluding carboxylic acids is 3. The molecular weight excluding hydrogens is 477 g/mol. The van der Waals surface area contributed by atoms with Gasteiger partial charge in [0.15, 0.2) is 29.7 Å². The van der Waals surface area contributed by atoms with E-state index in [-0.39, 0.29) is 18.2 Å². The fraction of sp³-hybridized carbons (Fsp3) is 0.345. The Hall–Kier alpha value is -3.94. The van der Waals surface area contributed by atoms with Crippen molar-refractivity contribution in [2.45, 2.75) is 51.4 Å². The van der Waals surface area contributed by atoms with E-state index in [0.29, 0.717) is 72.1 Å². The third-order valence-corrected chi connectivity index (χ3v) is 6.73. The molecule has 0 aromatic heterocycles. The van der Waals surface area contributed by atoms with Gasteiger partial charge in [-0.15, -0.1) is 0 Å². The smallest absolute Gasteiger partial charge is 0.262 e. The molecule has 0 unspecified atom stereocenters. The molecule has 0 spiro atoms. The molecule has 1 N–H and O–H groups in total. The minimum atomic E-state index is -0.505. The van der Waals surface area contributed by atoms with Crippen LogP contribution in [-0.2, 0) is 19.1 Å². The van der Waals surface area contributed by atoms with Gasteiger partial charge in [-0.2, -0.15) is 0 Å². The van der Waals surface area contributed by atoms with Gasteiger partial charge in [0, 0.05) is 48.4 Å². The molecule has 3 aliphatic rings. The van der Waals surface area contributed by atoms with Crippen molar-refractivity contribution in [1.82, 2.24) is 0 Å². The molecule has 1 amide bonds. The largest absolute Gasteiger partial charge is 0.490 e. The summed E-state index contributed by atoms with van der Waals surface area (Å²) in [5.74, 6) is 0.824. The summed E-state index contributed by atoms with van der Waals surface area (Å²) < 4.78 is 30.8. The fourth-order valence-corrected chi connectivity index (χ4v) is 5.12. The molecule has 192 valence electrons. The highest BCUT2D eigenvalue weighted by Crippen LogP contribution is 2.48. The van der Waals surface area contributed by atoms with Crippen molar-refractivity contribution >= 4 is 23.2 Å². The zero-order chi connectivity index (χ0) is 25.9. The molecule has 2 aromatic rings. The topological polar surface area (TPSA) is 90.9 Å². The van der Waals surface area contributed by atoms with Crippen molar-refractivity contribution < 1.29 is 33.0 Å². The van der Waals surface area contributed by atoms with Gasteiger partial charge in [0.1, 0.15) is 17.3 Å². The predicted octanol–water partition coefficient (Wildman–Crippen LogP) is 5.37. The number of nitrogens with one attached hydrogen (secondary N) is 1. The normalized spacial score (nSPS) is 17.7. The van der Waals surface area contributed by atoms with E-state index in [1.807, 2.05) is 13.0 Å². The molecule has 0 fully saturated rings. The number of rotatable bonds is 7. The number of Topliss-reactive ketones (excluding diaryl/α,β-unsaturated/α-hetero) is 2. The monoisotopic (exact) mass is 505 g/mol. The molecule has 37 heavy (non-hydrogen) atoms. The molecule has 0 bridgehead atoms. The predicted molar refractivity (Wildman–Crippen MR) is 134 cm³/mol. The maximum atomic E-state index is 13.1. The number of benzene rings is 2. The van der Waals surface area contributed by atoms with E-state index < -0.39 is 17.6 Å². The van der Waals surface area contributed by atoms with Crippen LogP contribution in [0.15, 0.2) is 65.1 Å². The van der Waals surface area contributed by atoms with Crippen LogP contribution in [0.1, 0.15) is 56.9 Å². The molecule has 7 nitrogen and oxygen atoms in total. The molecule has 1 aliphatic heterocycles. The van der Waals surface area contributed by atoms with Crippen LogP contribution < -0.4 is 14.8 Å². The Balaban J connectivity index is 1.42. The Bertz CT molecular complexity index is 1270. The van der Waals surface area contributed by atoms with Crippen molar-refractivity contribution in [3.63, 3.8) is 0 Å². The molecule has 0 radical (unpaired) electrons. The average molecular weight is 506 g/mol. The van der Waals surface area contributed by atoms with Crippen LogP contribution >= 0.6 is 0 Å². The third kappa shape index (κ3) is 5.14. The van der Waals surface area contributed by atoms with Crippen LogP contribution in [-0.4, -0.2) is 30.7 Å². The summed E-state index contributed by atoms with van der Waals surface area (Å²) >= 11 is 0. The van der Waals surface area contributed by atoms with Gasteiger partial charge in [0.25, 0.3) is 5.91 Å². The van der Waals surface area contributed by atoms with Gasteiger partial charge in [-0.3, -0.25) is 14.4 Å². The van der Waals surface area contributed by atoms with Gasteiger partial charge < -0.3 is 19.5 Å². The van der Waals surface area contributed by atoms with Gasteiger partial charge >= 0.3 is 0 Å². The molecule has 8 heteroatoms. The zero-order valence-electron chi connectivity index (χ0n) is 20.6. The highest BCUT2D eigenvalue weighted by molar-refractivity contribution is 6.05. The van der Waals surface area contributed by atoms with Gasteiger partial charge in [-0.25, -0.2) is 4.39 Å². The number of carbonyl (C=O) groups is 3. The van der Waals surface area contributed by atoms with Crippen LogP contribution in [0, 0.1) is 5.82 Å². The van der Waals surface area contributed by atoms with Crippen LogP contribution in [0.2, 0.25) is 0 Å². The third-order valence-electron chi connectivity index (χ3n) is 6.73. The Morgan fingerprint density at radius 1 is 0.919 bits per heavy atom. The van der Waals surface area contributed by atoms with Crippen LogP contribution in [0.4, 0.5) is 10.1 Å². The van der Waals surface area contributed by atoms with Crippen LogP contribution in [0.5, 0.6) is 11.5 Å². The van der Waals surface area contributed by atoms with Crippen molar-refractivity contribution in [2.75, 3.05) is 18.5 Å². The van der Waals surface area contributed by atoms with Crippen molar-refractivity contribution in [3.8, 4) is 11.5 Å². The van der Waals surface area contributed by atoms with E-state index in [9.17, 15) is 18.8 Å². The minimum Gasteiger partial charge on any atom is -0.490 e. The second-order valence-corrected chi connectivity index (χ2v) is 9.25. The van der Waals surface area contributed by atoms with Crippen LogP contribution in [0.3, 0.4) is 0 Å². The highest BCUT2D eigenvalue weighted by atomic mass is 19.1. The number of ketones is 2. The lowest BCUT2D eigenvalue weighted by Gasteiger charge is -2.36. The first-order valence-electron chi connectivity index (χ1n) is 12.6. The SMILES string of the molecule is CCOc1cc(C2C3=C(CCCC3=O)OC3=C2C(=O)CCC3)ccc1OCC(=O)Nc1ccc(F)cc1. The lowest BCUT2D eigenvalue weighted by atomic mass is 9.73. The second kappa shape index (κ2) is 10.6. The zero-order valence-corrected chi connectivity index (χ0v) is 20.6. The molecule has 2 aliphatic carbocycles. The van der Waals surface area contributed by atoms with E-state index >= 15 is 0 Å². The molecular formula is C29H28FNO6. The van der Waals surface area contributed by atoms with Gasteiger partial charge in [-0.1, -0.05) is 6.07 Å². The maximum absolute atomic E-state index is 13.1. The van der Waals surface area contributed by atoms with E-state index in [0.717, 1.165) is 18.4 Å². The van der Waals surface area contributed by atoms with Crippen LogP contribution in [0.25, 0.3) is 0 Å². The fourth-order valence-electron chi connectivity index (χ4n) is 5.12. The summed E-state index contributed by atoms with van der Waals surface area (Å²) in [5, 5.41) is 2.65. The van der Waals surface area contributed by atoms with Crippen molar-refractivity contribution in [1.29, 1.82) is 0 Å². The van der Waals surface area contributed by atoms with Gasteiger partial charge in [-0.05, 0) is 61.7 Å². The van der Waals surface area contributed by atoms with Gasteiger partial charge in [0.05, 0.1) is 6.61 Å². The van der Waals surface area contributed by atoms with E-state index in [4.69, 9.17) is 14.2 Å². The summed E-state index contributed by atoms with van der Waals surface area (Å²) in [6.07, 6.45) is 3.67. The number of anilines is 1. The van der Waals surface area contributed by atoms with E-state index in [1.54, 1.807) is 12.1 Å². The number of allylic oxidation sites excluding steroid dienone is 4. The average Bonchev–Trinajstić information content (AvgIpc) is 2.89. The lowest BCUT2D eigenvalue weighted by Crippen LogP contribution is -2.30. The molecule has 5 rings (SSSR count). The molecule has 1 heterocycles. The van der Waals surface area contributed by atoms with Crippen molar-refractivity contribution in [2.24, 2.45) is 0 Å². The standard InChI is InChI=1S/C29H28FNO6/c1-2-35-25-15-17(9-14-22(25)36-16-26(34)31-19-12-10-18(30)11-13-19)27-28-20(32)5-3-7-23(28)37-24-8-4-6-21(33)29(24)27/h9-15,27H,2-8,16H2,1H3,(H,31,34). The van der Waals surface area contributed by atoms with E-state index in [1.165, 1.54) is 24.3 Å². The number of ether oxygens (including phenoxy) is 3. The Morgan fingerprint density at radius 2 is 1.57 bits per heavy atom. The summed E-state index contributed by atoms with van der Waals surface area (Å²) in [7, 11) is 0. The Morgan fingerprint density at radius 3 is 2.19 bits per heavy atom. The van der Waals surface area contributed by atoms with Gasteiger partial charge in [0.2, 0.25) is 0 Å². The van der Waals surface area contributed by atoms with E-state index in [2.05, 4.69) is 5.32 Å². The summed E-state index contributed by atoms with van der Waals surface area (Å²) in [5.41, 5.74) is 2.34. The molecule has 0 atom stereocenters. The maximum Gasteiger partial charge on any atom is 0.262 e. The molecule has 0 saturated carbocycles. The first-order valence-corrected chi connectivity index (χ1v) is 12.6.